The molecule has 5 N–H and O–H groups in total. The van der Waals surface area contributed by atoms with Crippen LogP contribution in [-0.2, 0) is 11.0 Å². The summed E-state index contributed by atoms with van der Waals surface area (Å²) >= 11 is 0. The van der Waals surface area contributed by atoms with Crippen molar-refractivity contribution < 1.29 is 58.6 Å². The number of nitrogens with one attached hydrogen (secondary N) is 2. The largest absolute Gasteiger partial charge is 0.490 e. The highest BCUT2D eigenvalue weighted by molar-refractivity contribution is 6.08. The van der Waals surface area contributed by atoms with Gasteiger partial charge in [0, 0.05) is 18.7 Å². The van der Waals surface area contributed by atoms with Gasteiger partial charge in [-0.1, -0.05) is 0 Å². The van der Waals surface area contributed by atoms with Crippen LogP contribution in [0.4, 0.5) is 55.4 Å². The lowest BCUT2D eigenvalue weighted by atomic mass is 9.87. The number of hydrogen-bond donors (Lipinski definition) is 4. The quantitative estimate of drug-likeness (QED) is 0.316. The molecule has 3 aromatic heterocycles. The van der Waals surface area contributed by atoms with E-state index in [-0.39, 0.29) is 34.6 Å². The minimum atomic E-state index is -5.11. The number of carboxylic acid groups (broad SMARTS) is 1. The van der Waals surface area contributed by atoms with Gasteiger partial charge in [-0.3, -0.25) is 4.79 Å². The Hall–Kier alpha value is -4.17. The molecular weight excluding hydrogens is 590 g/mol. The van der Waals surface area contributed by atoms with E-state index in [0.29, 0.717) is 12.6 Å². The van der Waals surface area contributed by atoms with Crippen molar-refractivity contribution in [3.63, 3.8) is 0 Å². The molecule has 0 unspecified atom stereocenters. The van der Waals surface area contributed by atoms with Crippen molar-refractivity contribution in [1.82, 2.24) is 24.4 Å². The van der Waals surface area contributed by atoms with Crippen molar-refractivity contribution in [2.45, 2.75) is 56.2 Å². The van der Waals surface area contributed by atoms with Crippen LogP contribution in [0.3, 0.4) is 0 Å². The second kappa shape index (κ2) is 11.4. The van der Waals surface area contributed by atoms with Crippen molar-refractivity contribution in [2.24, 2.45) is 5.73 Å². The molecule has 0 aliphatic heterocycles. The van der Waals surface area contributed by atoms with E-state index >= 15 is 0 Å². The third-order valence-electron chi connectivity index (χ3n) is 5.58. The molecule has 0 bridgehead atoms. The third-order valence-corrected chi connectivity index (χ3v) is 5.58. The lowest BCUT2D eigenvalue weighted by Gasteiger charge is -2.36. The average molecular weight is 608 g/mol. The molecule has 3 aromatic rings. The number of aliphatic carboxylic acids is 1. The molecule has 11 nitrogen and oxygen atoms in total. The van der Waals surface area contributed by atoms with Crippen molar-refractivity contribution >= 4 is 29.0 Å². The van der Waals surface area contributed by atoms with Gasteiger partial charge in [0.25, 0.3) is 11.8 Å². The van der Waals surface area contributed by atoms with E-state index < -0.39 is 60.2 Å². The summed E-state index contributed by atoms with van der Waals surface area (Å²) in [5.41, 5.74) is 2.56. The lowest BCUT2D eigenvalue weighted by molar-refractivity contribution is -0.192. The third kappa shape index (κ3) is 7.32. The zero-order valence-corrected chi connectivity index (χ0v) is 20.0. The summed E-state index contributed by atoms with van der Waals surface area (Å²) in [6, 6.07) is -0.886. The van der Waals surface area contributed by atoms with E-state index in [1.165, 1.54) is 12.3 Å². The van der Waals surface area contributed by atoms with Gasteiger partial charge in [-0.15, -0.1) is 0 Å². The standard InChI is InChI=1S/C18H17F7N8O.C2HF3O2/c19-16(20)33-7-10(13(31-33)18(23,24)25)29-15(34)8-6-27-32-5-3-11(30-14(8)32)28-9-2-1-4-17(21,22)12(9)26;3-2(4,5)1(6)7/h3,5-7,9,12,16H,1-2,4,26H2,(H,28,30)(H,29,34);(H,6,7)/t9-,12-;/m1./s1. The molecule has 0 spiro atoms. The summed E-state index contributed by atoms with van der Waals surface area (Å²) in [5.74, 6) is -6.87. The van der Waals surface area contributed by atoms with Crippen LogP contribution in [-0.4, -0.2) is 65.5 Å². The zero-order valence-electron chi connectivity index (χ0n) is 20.0. The minimum absolute atomic E-state index is 0.0849. The van der Waals surface area contributed by atoms with Crippen molar-refractivity contribution in [1.29, 1.82) is 0 Å². The molecule has 0 saturated heterocycles. The SMILES string of the molecule is N[C@@H]1[C@H](Nc2ccn3ncc(C(=O)Nc4cn(C(F)F)nc4C(F)(F)F)c3n2)CCCC1(F)F.O=C(O)C(F)(F)F. The molecule has 1 saturated carbocycles. The molecule has 41 heavy (non-hydrogen) atoms. The van der Waals surface area contributed by atoms with Gasteiger partial charge in [-0.2, -0.15) is 45.3 Å². The molecule has 21 heteroatoms. The molecule has 3 heterocycles. The van der Waals surface area contributed by atoms with Crippen LogP contribution in [0.5, 0.6) is 0 Å². The first-order valence-electron chi connectivity index (χ1n) is 11.1. The number of nitrogens with zero attached hydrogens (tertiary/aromatic N) is 5. The van der Waals surface area contributed by atoms with E-state index in [0.717, 1.165) is 10.7 Å². The van der Waals surface area contributed by atoms with E-state index in [1.54, 1.807) is 0 Å². The maximum absolute atomic E-state index is 13.9. The molecule has 0 aromatic carbocycles. The molecule has 0 radical (unpaired) electrons. The number of carbonyl (C=O) groups is 2. The van der Waals surface area contributed by atoms with Crippen molar-refractivity contribution in [2.75, 3.05) is 10.6 Å². The van der Waals surface area contributed by atoms with Crippen LogP contribution >= 0.6 is 0 Å². The fourth-order valence-corrected chi connectivity index (χ4v) is 3.64. The molecule has 2 atom stereocenters. The summed E-state index contributed by atoms with van der Waals surface area (Å²) < 4.78 is 126. The number of anilines is 2. The highest BCUT2D eigenvalue weighted by atomic mass is 19.4. The Morgan fingerprint density at radius 3 is 2.37 bits per heavy atom. The summed E-state index contributed by atoms with van der Waals surface area (Å²) in [6.07, 6.45) is -7.24. The highest BCUT2D eigenvalue weighted by Crippen LogP contribution is 2.35. The topological polar surface area (TPSA) is 152 Å². The first kappa shape index (κ1) is 31.4. The van der Waals surface area contributed by atoms with Gasteiger partial charge < -0.3 is 21.5 Å². The van der Waals surface area contributed by atoms with E-state index in [1.807, 2.05) is 5.32 Å². The van der Waals surface area contributed by atoms with Crippen LogP contribution in [0.1, 0.15) is 41.9 Å². The monoisotopic (exact) mass is 608 g/mol. The number of halogens is 10. The van der Waals surface area contributed by atoms with Crippen molar-refractivity contribution in [3.05, 3.63) is 35.9 Å². The summed E-state index contributed by atoms with van der Waals surface area (Å²) in [7, 11) is 0. The Labute approximate surface area is 221 Å². The average Bonchev–Trinajstić information content (AvgIpc) is 3.46. The summed E-state index contributed by atoms with van der Waals surface area (Å²) in [5, 5.41) is 18.5. The number of aromatic nitrogens is 5. The predicted molar refractivity (Wildman–Crippen MR) is 117 cm³/mol. The minimum Gasteiger partial charge on any atom is -0.475 e. The molecule has 1 aliphatic carbocycles. The lowest BCUT2D eigenvalue weighted by Crippen LogP contribution is -2.55. The summed E-state index contributed by atoms with van der Waals surface area (Å²) in [6.45, 7) is -3.36. The van der Waals surface area contributed by atoms with Crippen molar-refractivity contribution in [3.8, 4) is 0 Å². The molecule has 226 valence electrons. The Kier molecular flexibility index (Phi) is 8.70. The smallest absolute Gasteiger partial charge is 0.475 e. The van der Waals surface area contributed by atoms with Gasteiger partial charge in [-0.25, -0.2) is 27.8 Å². The number of carbonyl (C=O) groups excluding carboxylic acids is 1. The normalized spacial score (nSPS) is 19.0. The van der Waals surface area contributed by atoms with Crippen LogP contribution in [0.25, 0.3) is 5.65 Å². The Bertz CT molecular complexity index is 1400. The van der Waals surface area contributed by atoms with Crippen LogP contribution < -0.4 is 16.4 Å². The number of alkyl halides is 10. The predicted octanol–water partition coefficient (Wildman–Crippen LogP) is 4.15. The molecule has 1 fully saturated rings. The second-order valence-electron chi connectivity index (χ2n) is 8.47. The second-order valence-corrected chi connectivity index (χ2v) is 8.47. The van der Waals surface area contributed by atoms with Crippen LogP contribution in [0.2, 0.25) is 0 Å². The number of amides is 1. The molecular formula is C20H18F10N8O3. The number of fused-ring (bicyclic) bond motifs is 1. The van der Waals surface area contributed by atoms with Gasteiger partial charge in [0.15, 0.2) is 11.3 Å². The summed E-state index contributed by atoms with van der Waals surface area (Å²) in [4.78, 5) is 25.7. The fraction of sp³-hybridized carbons (Fsp3) is 0.450. The Morgan fingerprint density at radius 1 is 1.17 bits per heavy atom. The van der Waals surface area contributed by atoms with E-state index in [2.05, 4.69) is 20.5 Å². The van der Waals surface area contributed by atoms with Gasteiger partial charge in [0.05, 0.1) is 24.1 Å². The van der Waals surface area contributed by atoms with Crippen LogP contribution in [0, 0.1) is 0 Å². The highest BCUT2D eigenvalue weighted by Gasteiger charge is 2.45. The van der Waals surface area contributed by atoms with E-state index in [9.17, 15) is 48.7 Å². The number of hydrogen-bond acceptors (Lipinski definition) is 7. The maximum atomic E-state index is 13.9. The van der Waals surface area contributed by atoms with Crippen LogP contribution in [0.15, 0.2) is 24.7 Å². The number of carboxylic acids is 1. The Balaban J connectivity index is 0.000000587. The number of nitrogens with two attached hydrogens (primary N) is 1. The Morgan fingerprint density at radius 2 is 1.80 bits per heavy atom. The zero-order chi connectivity index (χ0) is 30.9. The molecule has 1 amide bonds. The van der Waals surface area contributed by atoms with Gasteiger partial charge >= 0.3 is 24.9 Å². The molecule has 1 aliphatic rings. The number of rotatable bonds is 5. The van der Waals surface area contributed by atoms with Gasteiger partial charge in [0.1, 0.15) is 11.4 Å². The maximum Gasteiger partial charge on any atom is 0.490 e. The first-order valence-corrected chi connectivity index (χ1v) is 11.1. The van der Waals surface area contributed by atoms with Gasteiger partial charge in [0.2, 0.25) is 0 Å². The van der Waals surface area contributed by atoms with Gasteiger partial charge in [-0.05, 0) is 18.9 Å². The fourth-order valence-electron chi connectivity index (χ4n) is 3.64. The first-order chi connectivity index (χ1) is 18.8. The van der Waals surface area contributed by atoms with E-state index in [4.69, 9.17) is 15.6 Å². The molecule has 4 rings (SSSR count).